The zero-order valence-corrected chi connectivity index (χ0v) is 16.2. The van der Waals surface area contributed by atoms with Crippen LogP contribution in [-0.2, 0) is 9.53 Å². The molecule has 4 atom stereocenters. The number of halogens is 1. The number of ether oxygens (including phenoxy) is 1. The van der Waals surface area contributed by atoms with Crippen molar-refractivity contribution >= 4 is 41.0 Å². The summed E-state index contributed by atoms with van der Waals surface area (Å²) in [4.78, 5) is 14.6. The summed E-state index contributed by atoms with van der Waals surface area (Å²) < 4.78 is 6.01. The number of amides is 1. The van der Waals surface area contributed by atoms with E-state index in [1.165, 1.54) is 0 Å². The predicted molar refractivity (Wildman–Crippen MR) is 103 cm³/mol. The number of nitrogens with zero attached hydrogens (tertiary/aromatic N) is 1. The van der Waals surface area contributed by atoms with Crippen LogP contribution in [0.3, 0.4) is 0 Å². The van der Waals surface area contributed by atoms with Crippen molar-refractivity contribution in [1.29, 1.82) is 0 Å². The molecule has 0 radical (unpaired) electrons. The molecule has 1 saturated heterocycles. The van der Waals surface area contributed by atoms with Crippen molar-refractivity contribution in [2.45, 2.75) is 45.8 Å². The zero-order valence-electron chi connectivity index (χ0n) is 14.7. The van der Waals surface area contributed by atoms with Crippen molar-refractivity contribution in [3.8, 4) is 0 Å². The van der Waals surface area contributed by atoms with Crippen LogP contribution in [-0.4, -0.2) is 28.1 Å². The van der Waals surface area contributed by atoms with E-state index in [1.54, 1.807) is 17.1 Å². The lowest BCUT2D eigenvalue weighted by atomic mass is 9.69. The minimum absolute atomic E-state index is 0.0344. The molecular weight excluding hydrogens is 354 g/mol. The molecule has 1 aromatic carbocycles. The summed E-state index contributed by atoms with van der Waals surface area (Å²) in [6.45, 7) is 6.90. The Labute approximate surface area is 159 Å². The summed E-state index contributed by atoms with van der Waals surface area (Å²) >= 11 is 11.3. The molecule has 3 fully saturated rings. The maximum atomic E-state index is 12.9. The average Bonchev–Trinajstić information content (AvgIpc) is 3.07. The highest BCUT2D eigenvalue weighted by Crippen LogP contribution is 2.68. The van der Waals surface area contributed by atoms with Gasteiger partial charge in [0.2, 0.25) is 0 Å². The topological polar surface area (TPSA) is 29.5 Å². The van der Waals surface area contributed by atoms with Gasteiger partial charge in [-0.1, -0.05) is 44.5 Å². The highest BCUT2D eigenvalue weighted by Gasteiger charge is 2.72. The van der Waals surface area contributed by atoms with Crippen LogP contribution in [0.15, 0.2) is 30.3 Å². The lowest BCUT2D eigenvalue weighted by molar-refractivity contribution is -0.125. The van der Waals surface area contributed by atoms with Gasteiger partial charge in [0.1, 0.15) is 6.10 Å². The van der Waals surface area contributed by atoms with Gasteiger partial charge in [-0.25, -0.2) is 0 Å². The molecular formula is C20H22ClNO2S. The monoisotopic (exact) mass is 375 g/mol. The van der Waals surface area contributed by atoms with E-state index in [-0.39, 0.29) is 28.9 Å². The van der Waals surface area contributed by atoms with Gasteiger partial charge in [0, 0.05) is 17.0 Å². The summed E-state index contributed by atoms with van der Waals surface area (Å²) in [6, 6.07) is 7.43. The van der Waals surface area contributed by atoms with E-state index in [1.807, 2.05) is 24.3 Å². The van der Waals surface area contributed by atoms with Gasteiger partial charge in [-0.3, -0.25) is 9.69 Å². The Morgan fingerprint density at radius 3 is 2.68 bits per heavy atom. The highest BCUT2D eigenvalue weighted by atomic mass is 35.5. The van der Waals surface area contributed by atoms with Crippen LogP contribution in [0.1, 0.15) is 39.2 Å². The van der Waals surface area contributed by atoms with Crippen molar-refractivity contribution < 1.29 is 9.53 Å². The maximum Gasteiger partial charge on any atom is 0.267 e. The van der Waals surface area contributed by atoms with Gasteiger partial charge >= 0.3 is 0 Å². The van der Waals surface area contributed by atoms with E-state index in [2.05, 4.69) is 20.8 Å². The second-order valence-corrected chi connectivity index (χ2v) is 8.96. The molecule has 3 aliphatic rings. The third-order valence-electron chi connectivity index (χ3n) is 6.97. The van der Waals surface area contributed by atoms with E-state index < -0.39 is 0 Å². The van der Waals surface area contributed by atoms with Crippen LogP contribution in [0.5, 0.6) is 0 Å². The minimum Gasteiger partial charge on any atom is -0.465 e. The molecule has 1 aromatic rings. The molecule has 4 rings (SSSR count). The summed E-state index contributed by atoms with van der Waals surface area (Å²) in [5.41, 5.74) is 1.11. The Kier molecular flexibility index (Phi) is 3.79. The largest absolute Gasteiger partial charge is 0.465 e. The van der Waals surface area contributed by atoms with Gasteiger partial charge in [-0.2, -0.15) is 0 Å². The molecule has 3 nitrogen and oxygen atoms in total. The standard InChI is InChI=1S/C20H22ClNO2S/c1-19(2)14-10-11-20(19,3)17-16(14)24-18(25)22(17)15(23)9-6-12-4-7-13(21)8-5-12/h4-9,14,16-17H,10-11H2,1-3H3/b9-6+/t14-,16-,17-,20+/m1/s1. The molecule has 1 amide bonds. The van der Waals surface area contributed by atoms with Crippen LogP contribution in [0.2, 0.25) is 5.02 Å². The molecule has 1 aliphatic heterocycles. The van der Waals surface area contributed by atoms with Gasteiger partial charge in [0.05, 0.1) is 6.04 Å². The van der Waals surface area contributed by atoms with Gasteiger partial charge < -0.3 is 4.74 Å². The first-order valence-corrected chi connectivity index (χ1v) is 9.52. The SMILES string of the molecule is CC1(C)[C@@H]2CC[C@@]1(C)[C@H]1[C@@H]2OC(=S)N1C(=O)/C=C/c1ccc(Cl)cc1. The second-order valence-electron chi connectivity index (χ2n) is 8.17. The fourth-order valence-corrected chi connectivity index (χ4v) is 5.60. The second kappa shape index (κ2) is 5.55. The van der Waals surface area contributed by atoms with Crippen LogP contribution in [0, 0.1) is 16.7 Å². The molecule has 0 N–H and O–H groups in total. The van der Waals surface area contributed by atoms with Gasteiger partial charge in [0.15, 0.2) is 0 Å². The number of benzene rings is 1. The van der Waals surface area contributed by atoms with Crippen molar-refractivity contribution in [3.05, 3.63) is 40.9 Å². The first-order chi connectivity index (χ1) is 11.8. The molecule has 0 unspecified atom stereocenters. The number of fused-ring (bicyclic) bond motifs is 5. The lowest BCUT2D eigenvalue weighted by Gasteiger charge is -2.40. The molecule has 1 heterocycles. The molecule has 5 heteroatoms. The molecule has 25 heavy (non-hydrogen) atoms. The molecule has 0 aromatic heterocycles. The Balaban J connectivity index is 1.61. The van der Waals surface area contributed by atoms with Gasteiger partial charge in [-0.05, 0) is 59.7 Å². The quantitative estimate of drug-likeness (QED) is 0.554. The third-order valence-corrected chi connectivity index (χ3v) is 7.52. The van der Waals surface area contributed by atoms with E-state index in [0.29, 0.717) is 16.1 Å². The highest BCUT2D eigenvalue weighted by molar-refractivity contribution is 7.80. The summed E-state index contributed by atoms with van der Waals surface area (Å²) in [5, 5.41) is 1.01. The molecule has 0 spiro atoms. The van der Waals surface area contributed by atoms with Crippen LogP contribution in [0.25, 0.3) is 6.08 Å². The Morgan fingerprint density at radius 2 is 2.00 bits per heavy atom. The Bertz CT molecular complexity index is 772. The van der Waals surface area contributed by atoms with E-state index in [4.69, 9.17) is 28.6 Å². The van der Waals surface area contributed by atoms with Crippen LogP contribution in [0.4, 0.5) is 0 Å². The van der Waals surface area contributed by atoms with Gasteiger partial charge in [0.25, 0.3) is 11.1 Å². The first-order valence-electron chi connectivity index (χ1n) is 8.73. The normalized spacial score (nSPS) is 35.3. The number of thiocarbonyl (C=S) groups is 1. The smallest absolute Gasteiger partial charge is 0.267 e. The predicted octanol–water partition coefficient (Wildman–Crippen LogP) is 4.69. The summed E-state index contributed by atoms with van der Waals surface area (Å²) in [5.74, 6) is 0.357. The van der Waals surface area contributed by atoms with Crippen molar-refractivity contribution in [2.75, 3.05) is 0 Å². The lowest BCUT2D eigenvalue weighted by Crippen LogP contribution is -2.49. The molecule has 132 valence electrons. The fraction of sp³-hybridized carbons (Fsp3) is 0.500. The number of hydrogen-bond donors (Lipinski definition) is 0. The molecule has 2 bridgehead atoms. The van der Waals surface area contributed by atoms with Crippen LogP contribution < -0.4 is 0 Å². The van der Waals surface area contributed by atoms with Crippen LogP contribution >= 0.6 is 23.8 Å². The number of carbonyl (C=O) groups is 1. The van der Waals surface area contributed by atoms with E-state index in [0.717, 1.165) is 18.4 Å². The van der Waals surface area contributed by atoms with Crippen molar-refractivity contribution in [3.63, 3.8) is 0 Å². The maximum absolute atomic E-state index is 12.9. The fourth-order valence-electron chi connectivity index (χ4n) is 5.16. The average molecular weight is 376 g/mol. The van der Waals surface area contributed by atoms with E-state index >= 15 is 0 Å². The minimum atomic E-state index is -0.1000. The van der Waals surface area contributed by atoms with Gasteiger partial charge in [-0.15, -0.1) is 0 Å². The Hall–Kier alpha value is -1.39. The number of hydrogen-bond acceptors (Lipinski definition) is 3. The summed E-state index contributed by atoms with van der Waals surface area (Å²) in [6.07, 6.45) is 5.69. The zero-order chi connectivity index (χ0) is 18.0. The van der Waals surface area contributed by atoms with Crippen molar-refractivity contribution in [2.24, 2.45) is 16.7 Å². The van der Waals surface area contributed by atoms with E-state index in [9.17, 15) is 4.79 Å². The molecule has 2 aliphatic carbocycles. The molecule has 2 saturated carbocycles. The number of carbonyl (C=O) groups excluding carboxylic acids is 1. The third kappa shape index (κ3) is 2.30. The Morgan fingerprint density at radius 1 is 1.32 bits per heavy atom. The van der Waals surface area contributed by atoms with Crippen molar-refractivity contribution in [1.82, 2.24) is 4.90 Å². The summed E-state index contributed by atoms with van der Waals surface area (Å²) in [7, 11) is 0. The number of rotatable bonds is 2. The first kappa shape index (κ1) is 17.0.